The minimum atomic E-state index is -0.362. The van der Waals surface area contributed by atoms with E-state index in [0.717, 1.165) is 13.1 Å². The predicted molar refractivity (Wildman–Crippen MR) is 103 cm³/mol. The first-order valence-corrected chi connectivity index (χ1v) is 9.11. The van der Waals surface area contributed by atoms with Gasteiger partial charge in [-0.3, -0.25) is 4.79 Å². The van der Waals surface area contributed by atoms with Crippen molar-refractivity contribution in [3.63, 3.8) is 0 Å². The Morgan fingerprint density at radius 1 is 0.923 bits per heavy atom. The zero-order valence-corrected chi connectivity index (χ0v) is 15.0. The lowest BCUT2D eigenvalue weighted by Crippen LogP contribution is -2.29. The molecule has 136 valence electrons. The standard InChI is InChI=1S/C21H24N2O3/c1-2-26-21(25)17-6-10-18(11-7-17)22-20(24)16-8-12-19(13-9-16)23-14-4-3-5-15-23/h6-13H,2-5,14-15H2,1H3,(H,22,24). The fourth-order valence-corrected chi connectivity index (χ4v) is 3.08. The van der Waals surface area contributed by atoms with E-state index in [-0.39, 0.29) is 11.9 Å². The maximum atomic E-state index is 12.4. The van der Waals surface area contributed by atoms with Crippen LogP contribution in [0.4, 0.5) is 11.4 Å². The third-order valence-corrected chi connectivity index (χ3v) is 4.50. The van der Waals surface area contributed by atoms with Crippen LogP contribution in [0.3, 0.4) is 0 Å². The summed E-state index contributed by atoms with van der Waals surface area (Å²) in [6, 6.07) is 14.4. The van der Waals surface area contributed by atoms with Crippen molar-refractivity contribution in [2.45, 2.75) is 26.2 Å². The van der Waals surface area contributed by atoms with E-state index < -0.39 is 0 Å². The summed E-state index contributed by atoms with van der Waals surface area (Å²) in [6.45, 7) is 4.27. The molecule has 5 heteroatoms. The van der Waals surface area contributed by atoms with Crippen LogP contribution >= 0.6 is 0 Å². The van der Waals surface area contributed by atoms with Crippen molar-refractivity contribution in [3.05, 3.63) is 59.7 Å². The number of ether oxygens (including phenoxy) is 1. The van der Waals surface area contributed by atoms with E-state index in [1.807, 2.05) is 24.3 Å². The van der Waals surface area contributed by atoms with Gasteiger partial charge in [0, 0.05) is 30.0 Å². The van der Waals surface area contributed by atoms with Crippen LogP contribution in [-0.2, 0) is 4.74 Å². The summed E-state index contributed by atoms with van der Waals surface area (Å²) in [5.74, 6) is -0.530. The largest absolute Gasteiger partial charge is 0.462 e. The van der Waals surface area contributed by atoms with Crippen LogP contribution < -0.4 is 10.2 Å². The third kappa shape index (κ3) is 4.42. The van der Waals surface area contributed by atoms with Gasteiger partial charge < -0.3 is 15.0 Å². The lowest BCUT2D eigenvalue weighted by Gasteiger charge is -2.28. The van der Waals surface area contributed by atoms with E-state index in [4.69, 9.17) is 4.74 Å². The molecule has 1 aliphatic heterocycles. The van der Waals surface area contributed by atoms with Crippen LogP contribution in [0.5, 0.6) is 0 Å². The average molecular weight is 352 g/mol. The second-order valence-electron chi connectivity index (χ2n) is 6.35. The fraction of sp³-hybridized carbons (Fsp3) is 0.333. The number of hydrogen-bond donors (Lipinski definition) is 1. The van der Waals surface area contributed by atoms with E-state index in [9.17, 15) is 9.59 Å². The Bertz CT molecular complexity index is 748. The van der Waals surface area contributed by atoms with Gasteiger partial charge in [-0.1, -0.05) is 0 Å². The van der Waals surface area contributed by atoms with Crippen molar-refractivity contribution in [2.24, 2.45) is 0 Å². The summed E-state index contributed by atoms with van der Waals surface area (Å²) in [4.78, 5) is 26.4. The molecule has 0 saturated carbocycles. The number of hydrogen-bond acceptors (Lipinski definition) is 4. The topological polar surface area (TPSA) is 58.6 Å². The number of amides is 1. The lowest BCUT2D eigenvalue weighted by atomic mass is 10.1. The normalized spacial score (nSPS) is 14.0. The monoisotopic (exact) mass is 352 g/mol. The van der Waals surface area contributed by atoms with Crippen LogP contribution in [0.2, 0.25) is 0 Å². The molecule has 26 heavy (non-hydrogen) atoms. The third-order valence-electron chi connectivity index (χ3n) is 4.50. The number of nitrogens with zero attached hydrogens (tertiary/aromatic N) is 1. The Hall–Kier alpha value is -2.82. The Balaban J connectivity index is 1.61. The molecule has 1 saturated heterocycles. The number of carbonyl (C=O) groups excluding carboxylic acids is 2. The molecule has 0 bridgehead atoms. The first-order valence-electron chi connectivity index (χ1n) is 9.11. The van der Waals surface area contributed by atoms with Gasteiger partial charge in [0.2, 0.25) is 0 Å². The van der Waals surface area contributed by atoms with Gasteiger partial charge in [0.25, 0.3) is 5.91 Å². The van der Waals surface area contributed by atoms with Crippen molar-refractivity contribution in [1.82, 2.24) is 0 Å². The quantitative estimate of drug-likeness (QED) is 0.823. The molecule has 1 aliphatic rings. The number of esters is 1. The van der Waals surface area contributed by atoms with Gasteiger partial charge in [-0.05, 0) is 74.7 Å². The summed E-state index contributed by atoms with van der Waals surface area (Å²) in [5, 5.41) is 2.85. The van der Waals surface area contributed by atoms with Crippen LogP contribution in [-0.4, -0.2) is 31.6 Å². The van der Waals surface area contributed by atoms with E-state index in [1.165, 1.54) is 24.9 Å². The molecule has 0 radical (unpaired) electrons. The van der Waals surface area contributed by atoms with Crippen LogP contribution in [0.1, 0.15) is 46.9 Å². The molecule has 1 amide bonds. The number of rotatable bonds is 5. The summed E-state index contributed by atoms with van der Waals surface area (Å²) in [6.07, 6.45) is 3.75. The van der Waals surface area contributed by atoms with Crippen molar-refractivity contribution >= 4 is 23.3 Å². The minimum Gasteiger partial charge on any atom is -0.462 e. The first kappa shape index (κ1) is 18.0. The summed E-state index contributed by atoms with van der Waals surface area (Å²) in [7, 11) is 0. The zero-order chi connectivity index (χ0) is 18.4. The van der Waals surface area contributed by atoms with Crippen molar-refractivity contribution in [3.8, 4) is 0 Å². The van der Waals surface area contributed by atoms with Gasteiger partial charge in [0.15, 0.2) is 0 Å². The molecule has 0 unspecified atom stereocenters. The molecule has 0 atom stereocenters. The highest BCUT2D eigenvalue weighted by Crippen LogP contribution is 2.21. The van der Waals surface area contributed by atoms with Gasteiger partial charge in [-0.15, -0.1) is 0 Å². The first-order chi connectivity index (χ1) is 12.7. The Morgan fingerprint density at radius 2 is 1.54 bits per heavy atom. The molecule has 2 aromatic rings. The second-order valence-corrected chi connectivity index (χ2v) is 6.35. The van der Waals surface area contributed by atoms with E-state index in [0.29, 0.717) is 23.4 Å². The van der Waals surface area contributed by atoms with Gasteiger partial charge in [-0.2, -0.15) is 0 Å². The molecular weight excluding hydrogens is 328 g/mol. The van der Waals surface area contributed by atoms with Crippen LogP contribution in [0, 0.1) is 0 Å². The number of anilines is 2. The van der Waals surface area contributed by atoms with Gasteiger partial charge in [-0.25, -0.2) is 4.79 Å². The highest BCUT2D eigenvalue weighted by Gasteiger charge is 2.12. The average Bonchev–Trinajstić information content (AvgIpc) is 2.69. The predicted octanol–water partition coefficient (Wildman–Crippen LogP) is 4.11. The number of nitrogens with one attached hydrogen (secondary N) is 1. The Morgan fingerprint density at radius 3 is 2.15 bits per heavy atom. The molecule has 0 aromatic heterocycles. The Labute approximate surface area is 154 Å². The molecule has 2 aromatic carbocycles. The van der Waals surface area contributed by atoms with Gasteiger partial charge >= 0.3 is 5.97 Å². The van der Waals surface area contributed by atoms with Crippen molar-refractivity contribution < 1.29 is 14.3 Å². The smallest absolute Gasteiger partial charge is 0.338 e. The van der Waals surface area contributed by atoms with E-state index >= 15 is 0 Å². The minimum absolute atomic E-state index is 0.168. The molecule has 5 nitrogen and oxygen atoms in total. The van der Waals surface area contributed by atoms with Crippen LogP contribution in [0.25, 0.3) is 0 Å². The summed E-state index contributed by atoms with van der Waals surface area (Å²) < 4.78 is 4.95. The van der Waals surface area contributed by atoms with Gasteiger partial charge in [0.05, 0.1) is 12.2 Å². The number of benzene rings is 2. The Kier molecular flexibility index (Phi) is 5.89. The molecule has 3 rings (SSSR count). The molecule has 0 aliphatic carbocycles. The molecule has 0 spiro atoms. The molecule has 1 N–H and O–H groups in total. The van der Waals surface area contributed by atoms with Crippen molar-refractivity contribution in [1.29, 1.82) is 0 Å². The number of carbonyl (C=O) groups is 2. The van der Waals surface area contributed by atoms with Crippen molar-refractivity contribution in [2.75, 3.05) is 29.9 Å². The second kappa shape index (κ2) is 8.52. The lowest BCUT2D eigenvalue weighted by molar-refractivity contribution is 0.0526. The molecular formula is C21H24N2O3. The van der Waals surface area contributed by atoms with Crippen LogP contribution in [0.15, 0.2) is 48.5 Å². The number of piperidine rings is 1. The highest BCUT2D eigenvalue weighted by atomic mass is 16.5. The molecule has 1 fully saturated rings. The van der Waals surface area contributed by atoms with E-state index in [2.05, 4.69) is 10.2 Å². The van der Waals surface area contributed by atoms with E-state index in [1.54, 1.807) is 31.2 Å². The maximum Gasteiger partial charge on any atom is 0.338 e. The zero-order valence-electron chi connectivity index (χ0n) is 15.0. The van der Waals surface area contributed by atoms with Gasteiger partial charge in [0.1, 0.15) is 0 Å². The summed E-state index contributed by atoms with van der Waals surface area (Å²) >= 11 is 0. The maximum absolute atomic E-state index is 12.4. The molecule has 1 heterocycles. The summed E-state index contributed by atoms with van der Waals surface area (Å²) in [5.41, 5.74) is 2.89. The highest BCUT2D eigenvalue weighted by molar-refractivity contribution is 6.04. The fourth-order valence-electron chi connectivity index (χ4n) is 3.08. The SMILES string of the molecule is CCOC(=O)c1ccc(NC(=O)c2ccc(N3CCCCC3)cc2)cc1.